The smallest absolute Gasteiger partial charge is 0.221 e. The van der Waals surface area contributed by atoms with Gasteiger partial charge < -0.3 is 10.1 Å². The molecule has 1 aliphatic carbocycles. The van der Waals surface area contributed by atoms with E-state index >= 15 is 0 Å². The predicted octanol–water partition coefficient (Wildman–Crippen LogP) is 2.65. The molecule has 0 radical (unpaired) electrons. The average molecular weight is 235 g/mol. The Labute approximate surface area is 103 Å². The third kappa shape index (κ3) is 2.87. The van der Waals surface area contributed by atoms with E-state index in [0.29, 0.717) is 5.92 Å². The number of hydrogen-bond acceptors (Lipinski definition) is 4. The van der Waals surface area contributed by atoms with Crippen LogP contribution in [0, 0.1) is 5.92 Å². The summed E-state index contributed by atoms with van der Waals surface area (Å²) in [6, 6.07) is 0. The summed E-state index contributed by atoms with van der Waals surface area (Å²) < 4.78 is 5.86. The van der Waals surface area contributed by atoms with Gasteiger partial charge in [-0.3, -0.25) is 0 Å². The van der Waals surface area contributed by atoms with Gasteiger partial charge in [0.25, 0.3) is 0 Å². The Morgan fingerprint density at radius 3 is 2.76 bits per heavy atom. The van der Waals surface area contributed by atoms with Gasteiger partial charge in [0.15, 0.2) is 0 Å². The number of anilines is 1. The van der Waals surface area contributed by atoms with Crippen molar-refractivity contribution in [1.29, 1.82) is 0 Å². The van der Waals surface area contributed by atoms with Gasteiger partial charge in [0.1, 0.15) is 12.1 Å². The summed E-state index contributed by atoms with van der Waals surface area (Å²) in [5, 5.41) is 3.08. The Bertz CT molecular complexity index is 362. The topological polar surface area (TPSA) is 47.0 Å². The summed E-state index contributed by atoms with van der Waals surface area (Å²) in [6.07, 6.45) is 7.74. The maximum atomic E-state index is 5.86. The van der Waals surface area contributed by atoms with E-state index in [4.69, 9.17) is 4.74 Å². The predicted molar refractivity (Wildman–Crippen MR) is 68.4 cm³/mol. The zero-order valence-electron chi connectivity index (χ0n) is 10.7. The van der Waals surface area contributed by atoms with Crippen molar-refractivity contribution in [3.63, 3.8) is 0 Å². The minimum absolute atomic E-state index is 0.715. The minimum Gasteiger partial charge on any atom is -0.477 e. The number of rotatable bonds is 5. The van der Waals surface area contributed by atoms with E-state index in [1.54, 1.807) is 6.33 Å². The molecular formula is C13H21N3O. The van der Waals surface area contributed by atoms with Gasteiger partial charge in [0.05, 0.1) is 12.2 Å². The molecule has 0 unspecified atom stereocenters. The normalized spacial score (nSPS) is 16.1. The molecule has 1 N–H and O–H groups in total. The highest BCUT2D eigenvalue weighted by Crippen LogP contribution is 2.27. The second-order valence-corrected chi connectivity index (χ2v) is 4.57. The average Bonchev–Trinajstić information content (AvgIpc) is 2.88. The number of aromatic nitrogens is 2. The third-order valence-electron chi connectivity index (χ3n) is 3.43. The first-order chi connectivity index (χ1) is 8.35. The van der Waals surface area contributed by atoms with Gasteiger partial charge in [-0.05, 0) is 25.2 Å². The summed E-state index contributed by atoms with van der Waals surface area (Å²) >= 11 is 0. The highest BCUT2D eigenvalue weighted by Gasteiger charge is 2.17. The van der Waals surface area contributed by atoms with Crippen molar-refractivity contribution in [3.05, 3.63) is 11.9 Å². The number of hydrogen-bond donors (Lipinski definition) is 1. The van der Waals surface area contributed by atoms with Gasteiger partial charge in [0.2, 0.25) is 5.88 Å². The lowest BCUT2D eigenvalue weighted by molar-refractivity contribution is 0.241. The quantitative estimate of drug-likeness (QED) is 0.852. The molecule has 0 bridgehead atoms. The SMILES string of the molecule is CCc1c(NC)ncnc1OCC1CCCC1. The monoisotopic (exact) mass is 235 g/mol. The molecule has 0 aliphatic heterocycles. The van der Waals surface area contributed by atoms with Crippen LogP contribution in [0.2, 0.25) is 0 Å². The van der Waals surface area contributed by atoms with E-state index in [9.17, 15) is 0 Å². The van der Waals surface area contributed by atoms with Crippen molar-refractivity contribution in [2.24, 2.45) is 5.92 Å². The molecular weight excluding hydrogens is 214 g/mol. The molecule has 4 nitrogen and oxygen atoms in total. The number of nitrogens with zero attached hydrogens (tertiary/aromatic N) is 2. The van der Waals surface area contributed by atoms with Crippen molar-refractivity contribution < 1.29 is 4.74 Å². The first-order valence-electron chi connectivity index (χ1n) is 6.49. The van der Waals surface area contributed by atoms with Crippen molar-refractivity contribution in [2.75, 3.05) is 19.0 Å². The van der Waals surface area contributed by atoms with Gasteiger partial charge in [0, 0.05) is 7.05 Å². The lowest BCUT2D eigenvalue weighted by atomic mass is 10.1. The van der Waals surface area contributed by atoms with E-state index in [2.05, 4.69) is 22.2 Å². The maximum Gasteiger partial charge on any atom is 0.221 e. The summed E-state index contributed by atoms with van der Waals surface area (Å²) in [7, 11) is 1.88. The van der Waals surface area contributed by atoms with E-state index in [1.807, 2.05) is 7.05 Å². The summed E-state index contributed by atoms with van der Waals surface area (Å²) in [4.78, 5) is 8.45. The van der Waals surface area contributed by atoms with Crippen LogP contribution < -0.4 is 10.1 Å². The van der Waals surface area contributed by atoms with Gasteiger partial charge >= 0.3 is 0 Å². The van der Waals surface area contributed by atoms with Crippen molar-refractivity contribution in [2.45, 2.75) is 39.0 Å². The Balaban J connectivity index is 2.03. The molecule has 0 aromatic carbocycles. The second kappa shape index (κ2) is 5.84. The van der Waals surface area contributed by atoms with E-state index in [-0.39, 0.29) is 0 Å². The van der Waals surface area contributed by atoms with Crippen LogP contribution in [-0.4, -0.2) is 23.6 Å². The molecule has 17 heavy (non-hydrogen) atoms. The van der Waals surface area contributed by atoms with Gasteiger partial charge in [-0.2, -0.15) is 0 Å². The fraction of sp³-hybridized carbons (Fsp3) is 0.692. The van der Waals surface area contributed by atoms with Crippen LogP contribution in [0.15, 0.2) is 6.33 Å². The van der Waals surface area contributed by atoms with E-state index in [0.717, 1.165) is 30.3 Å². The van der Waals surface area contributed by atoms with Crippen LogP contribution in [0.4, 0.5) is 5.82 Å². The molecule has 2 rings (SSSR count). The number of nitrogens with one attached hydrogen (secondary N) is 1. The Morgan fingerprint density at radius 1 is 1.35 bits per heavy atom. The van der Waals surface area contributed by atoms with Crippen LogP contribution in [-0.2, 0) is 6.42 Å². The molecule has 1 fully saturated rings. The molecule has 0 amide bonds. The van der Waals surface area contributed by atoms with Crippen molar-refractivity contribution in [1.82, 2.24) is 9.97 Å². The molecule has 1 heterocycles. The molecule has 1 aromatic heterocycles. The lowest BCUT2D eigenvalue weighted by Gasteiger charge is -2.14. The van der Waals surface area contributed by atoms with Crippen LogP contribution in [0.5, 0.6) is 5.88 Å². The summed E-state index contributed by atoms with van der Waals surface area (Å²) in [6.45, 7) is 2.90. The standard InChI is InChI=1S/C13H21N3O/c1-3-11-12(14-2)15-9-16-13(11)17-8-10-6-4-5-7-10/h9-10H,3-8H2,1-2H3,(H,14,15,16). The highest BCUT2D eigenvalue weighted by atomic mass is 16.5. The van der Waals surface area contributed by atoms with Crippen molar-refractivity contribution in [3.8, 4) is 5.88 Å². The largest absolute Gasteiger partial charge is 0.477 e. The summed E-state index contributed by atoms with van der Waals surface area (Å²) in [5.74, 6) is 2.34. The molecule has 1 aliphatic rings. The van der Waals surface area contributed by atoms with Crippen LogP contribution >= 0.6 is 0 Å². The molecule has 1 saturated carbocycles. The third-order valence-corrected chi connectivity index (χ3v) is 3.43. The van der Waals surface area contributed by atoms with E-state index < -0.39 is 0 Å². The zero-order valence-corrected chi connectivity index (χ0v) is 10.7. The van der Waals surface area contributed by atoms with Gasteiger partial charge in [-0.15, -0.1) is 0 Å². The zero-order chi connectivity index (χ0) is 12.1. The fourth-order valence-electron chi connectivity index (χ4n) is 2.43. The molecule has 4 heteroatoms. The molecule has 0 atom stereocenters. The maximum absolute atomic E-state index is 5.86. The number of ether oxygens (including phenoxy) is 1. The van der Waals surface area contributed by atoms with Crippen LogP contribution in [0.1, 0.15) is 38.2 Å². The summed E-state index contributed by atoms with van der Waals surface area (Å²) in [5.41, 5.74) is 1.08. The van der Waals surface area contributed by atoms with Crippen molar-refractivity contribution >= 4 is 5.82 Å². The van der Waals surface area contributed by atoms with Gasteiger partial charge in [-0.1, -0.05) is 19.8 Å². The lowest BCUT2D eigenvalue weighted by Crippen LogP contribution is -2.11. The van der Waals surface area contributed by atoms with Crippen LogP contribution in [0.25, 0.3) is 0 Å². The second-order valence-electron chi connectivity index (χ2n) is 4.57. The molecule has 0 saturated heterocycles. The van der Waals surface area contributed by atoms with E-state index in [1.165, 1.54) is 25.7 Å². The first-order valence-corrected chi connectivity index (χ1v) is 6.49. The molecule has 94 valence electrons. The Morgan fingerprint density at radius 2 is 2.12 bits per heavy atom. The Hall–Kier alpha value is -1.32. The first kappa shape index (κ1) is 12.1. The molecule has 1 aromatic rings. The minimum atomic E-state index is 0.715. The Kier molecular flexibility index (Phi) is 4.18. The van der Waals surface area contributed by atoms with Gasteiger partial charge in [-0.25, -0.2) is 9.97 Å². The fourth-order valence-corrected chi connectivity index (χ4v) is 2.43. The molecule has 0 spiro atoms. The highest BCUT2D eigenvalue weighted by molar-refractivity contribution is 5.48. The van der Waals surface area contributed by atoms with Crippen LogP contribution in [0.3, 0.4) is 0 Å².